The van der Waals surface area contributed by atoms with Crippen LogP contribution >= 0.6 is 0 Å². The van der Waals surface area contributed by atoms with Crippen LogP contribution in [-0.2, 0) is 19.4 Å². The summed E-state index contributed by atoms with van der Waals surface area (Å²) in [7, 11) is -3.04. The van der Waals surface area contributed by atoms with Gasteiger partial charge in [0.25, 0.3) is 0 Å². The highest BCUT2D eigenvalue weighted by molar-refractivity contribution is 7.91. The minimum Gasteiger partial charge on any atom is -0.463 e. The Morgan fingerprint density at radius 2 is 1.93 bits per heavy atom. The molecule has 0 bridgehead atoms. The van der Waals surface area contributed by atoms with Gasteiger partial charge in [-0.2, -0.15) is 0 Å². The Labute approximate surface area is 85.6 Å². The summed E-state index contributed by atoms with van der Waals surface area (Å²) < 4.78 is 27.2. The van der Waals surface area contributed by atoms with E-state index in [1.54, 1.807) is 6.92 Å². The summed E-state index contributed by atoms with van der Waals surface area (Å²) in [6, 6.07) is 0. The zero-order valence-corrected chi connectivity index (χ0v) is 9.93. The molecular formula is C9H18O4S. The summed E-state index contributed by atoms with van der Waals surface area (Å²) in [5.74, 6) is -0.363. The highest BCUT2D eigenvalue weighted by atomic mass is 32.2. The van der Waals surface area contributed by atoms with Gasteiger partial charge in [-0.1, -0.05) is 6.92 Å². The molecule has 84 valence electrons. The third kappa shape index (κ3) is 5.21. The average Bonchev–Trinajstić information content (AvgIpc) is 2.00. The fraction of sp³-hybridized carbons (Fsp3) is 0.889. The molecule has 5 heteroatoms. The summed E-state index contributed by atoms with van der Waals surface area (Å²) in [4.78, 5) is 10.7. The van der Waals surface area contributed by atoms with Crippen molar-refractivity contribution in [3.05, 3.63) is 0 Å². The van der Waals surface area contributed by atoms with Crippen molar-refractivity contribution >= 4 is 15.8 Å². The van der Waals surface area contributed by atoms with Crippen LogP contribution in [0.5, 0.6) is 0 Å². The van der Waals surface area contributed by atoms with Gasteiger partial charge in [-0.3, -0.25) is 4.79 Å². The predicted octanol–water partition coefficient (Wildman–Crippen LogP) is 1.15. The Morgan fingerprint density at radius 3 is 2.21 bits per heavy atom. The normalized spacial score (nSPS) is 16.0. The molecule has 0 aliphatic rings. The highest BCUT2D eigenvalue weighted by Gasteiger charge is 2.21. The Bertz CT molecular complexity index is 281. The van der Waals surface area contributed by atoms with Gasteiger partial charge in [-0.15, -0.1) is 0 Å². The van der Waals surface area contributed by atoms with Gasteiger partial charge in [0, 0.05) is 19.6 Å². The van der Waals surface area contributed by atoms with Crippen LogP contribution in [-0.4, -0.2) is 32.0 Å². The van der Waals surface area contributed by atoms with E-state index in [0.29, 0.717) is 12.8 Å². The molecule has 0 rings (SSSR count). The molecular weight excluding hydrogens is 204 g/mol. The first-order chi connectivity index (χ1) is 6.27. The van der Waals surface area contributed by atoms with Crippen LogP contribution in [0, 0.1) is 0 Å². The maximum Gasteiger partial charge on any atom is 0.302 e. The van der Waals surface area contributed by atoms with Gasteiger partial charge in [0.15, 0.2) is 0 Å². The zero-order valence-electron chi connectivity index (χ0n) is 9.11. The Morgan fingerprint density at radius 1 is 1.43 bits per heavy atom. The molecule has 0 N–H and O–H groups in total. The van der Waals surface area contributed by atoms with Gasteiger partial charge in [-0.25, -0.2) is 8.42 Å². The van der Waals surface area contributed by atoms with Crippen LogP contribution < -0.4 is 0 Å². The molecule has 0 aromatic carbocycles. The molecule has 0 radical (unpaired) electrons. The first kappa shape index (κ1) is 13.4. The summed E-state index contributed by atoms with van der Waals surface area (Å²) in [5.41, 5.74) is 0. The smallest absolute Gasteiger partial charge is 0.302 e. The van der Waals surface area contributed by atoms with E-state index in [1.807, 2.05) is 6.92 Å². The Hall–Kier alpha value is -0.580. The van der Waals surface area contributed by atoms with E-state index in [1.165, 1.54) is 13.2 Å². The Kier molecular flexibility index (Phi) is 5.12. The van der Waals surface area contributed by atoms with Crippen molar-refractivity contribution in [3.8, 4) is 0 Å². The highest BCUT2D eigenvalue weighted by Crippen LogP contribution is 2.12. The largest absolute Gasteiger partial charge is 0.463 e. The van der Waals surface area contributed by atoms with Crippen LogP contribution in [0.2, 0.25) is 0 Å². The summed E-state index contributed by atoms with van der Waals surface area (Å²) in [6.07, 6.45) is 1.91. The molecule has 0 aromatic heterocycles. The van der Waals surface area contributed by atoms with Crippen molar-refractivity contribution in [3.63, 3.8) is 0 Å². The van der Waals surface area contributed by atoms with E-state index in [9.17, 15) is 13.2 Å². The maximum absolute atomic E-state index is 11.1. The van der Waals surface area contributed by atoms with Gasteiger partial charge in [0.05, 0.1) is 5.25 Å². The van der Waals surface area contributed by atoms with E-state index < -0.39 is 15.1 Å². The zero-order chi connectivity index (χ0) is 11.4. The minimum absolute atomic E-state index is 0.294. The fourth-order valence-electron chi connectivity index (χ4n) is 1.08. The molecule has 14 heavy (non-hydrogen) atoms. The lowest BCUT2D eigenvalue weighted by atomic mass is 10.1. The first-order valence-electron chi connectivity index (χ1n) is 4.63. The molecule has 2 unspecified atom stereocenters. The second-order valence-corrected chi connectivity index (χ2v) is 5.98. The molecule has 0 heterocycles. The summed E-state index contributed by atoms with van der Waals surface area (Å²) >= 11 is 0. The molecule has 0 aliphatic carbocycles. The first-order valence-corrected chi connectivity index (χ1v) is 6.59. The summed E-state index contributed by atoms with van der Waals surface area (Å²) in [5, 5.41) is -0.466. The number of esters is 1. The quantitative estimate of drug-likeness (QED) is 0.655. The molecule has 4 nitrogen and oxygen atoms in total. The van der Waals surface area contributed by atoms with Crippen LogP contribution in [0.1, 0.15) is 33.6 Å². The number of ether oxygens (including phenoxy) is 1. The van der Waals surface area contributed by atoms with Crippen molar-refractivity contribution < 1.29 is 17.9 Å². The lowest BCUT2D eigenvalue weighted by Crippen LogP contribution is -2.25. The Balaban J connectivity index is 4.26. The number of hydrogen-bond acceptors (Lipinski definition) is 4. The molecule has 0 aromatic rings. The van der Waals surface area contributed by atoms with Crippen molar-refractivity contribution in [2.45, 2.75) is 45.0 Å². The van der Waals surface area contributed by atoms with Gasteiger partial charge < -0.3 is 4.74 Å². The average molecular weight is 222 g/mol. The van der Waals surface area contributed by atoms with E-state index >= 15 is 0 Å². The second-order valence-electron chi connectivity index (χ2n) is 3.52. The van der Waals surface area contributed by atoms with E-state index in [-0.39, 0.29) is 12.1 Å². The predicted molar refractivity (Wildman–Crippen MR) is 54.8 cm³/mol. The molecule has 2 atom stereocenters. The number of rotatable bonds is 5. The molecule has 0 spiro atoms. The van der Waals surface area contributed by atoms with E-state index in [0.717, 1.165) is 0 Å². The molecule has 0 saturated carbocycles. The minimum atomic E-state index is -3.04. The molecule has 0 amide bonds. The second kappa shape index (κ2) is 5.34. The number of carbonyl (C=O) groups excluding carboxylic acids is 1. The van der Waals surface area contributed by atoms with Crippen LogP contribution in [0.3, 0.4) is 0 Å². The molecule has 0 fully saturated rings. The summed E-state index contributed by atoms with van der Waals surface area (Å²) in [6.45, 7) is 4.82. The fourth-order valence-corrected chi connectivity index (χ4v) is 1.64. The molecule has 0 aliphatic heterocycles. The van der Waals surface area contributed by atoms with Crippen molar-refractivity contribution in [1.29, 1.82) is 0 Å². The lowest BCUT2D eigenvalue weighted by molar-refractivity contribution is -0.146. The standard InChI is InChI=1S/C9H18O4S/c1-5-9(13-8(3)10)6-7(2)14(4,11)12/h7,9H,5-6H2,1-4H3. The topological polar surface area (TPSA) is 60.4 Å². The lowest BCUT2D eigenvalue weighted by Gasteiger charge is -2.18. The third-order valence-electron chi connectivity index (χ3n) is 2.11. The van der Waals surface area contributed by atoms with E-state index in [2.05, 4.69) is 0 Å². The van der Waals surface area contributed by atoms with Crippen LogP contribution in [0.25, 0.3) is 0 Å². The number of hydrogen-bond donors (Lipinski definition) is 0. The SMILES string of the molecule is CCC(CC(C)S(C)(=O)=O)OC(C)=O. The van der Waals surface area contributed by atoms with Gasteiger partial charge in [-0.05, 0) is 13.3 Å². The van der Waals surface area contributed by atoms with Gasteiger partial charge >= 0.3 is 5.97 Å². The number of sulfone groups is 1. The van der Waals surface area contributed by atoms with Crippen molar-refractivity contribution in [2.24, 2.45) is 0 Å². The monoisotopic (exact) mass is 222 g/mol. The third-order valence-corrected chi connectivity index (χ3v) is 3.77. The van der Waals surface area contributed by atoms with E-state index in [4.69, 9.17) is 4.74 Å². The maximum atomic E-state index is 11.1. The van der Waals surface area contributed by atoms with Crippen molar-refractivity contribution in [1.82, 2.24) is 0 Å². The van der Waals surface area contributed by atoms with Gasteiger partial charge in [0.2, 0.25) is 0 Å². The number of carbonyl (C=O) groups is 1. The van der Waals surface area contributed by atoms with Crippen LogP contribution in [0.4, 0.5) is 0 Å². The molecule has 0 saturated heterocycles. The van der Waals surface area contributed by atoms with Gasteiger partial charge in [0.1, 0.15) is 15.9 Å². The van der Waals surface area contributed by atoms with Crippen LogP contribution in [0.15, 0.2) is 0 Å². The van der Waals surface area contributed by atoms with Crippen molar-refractivity contribution in [2.75, 3.05) is 6.26 Å².